The topological polar surface area (TPSA) is 58.6 Å². The van der Waals surface area contributed by atoms with Crippen molar-refractivity contribution in [3.05, 3.63) is 23.8 Å². The Morgan fingerprint density at radius 1 is 1.53 bits per heavy atom. The maximum absolute atomic E-state index is 12.0. The maximum Gasteiger partial charge on any atom is 0.229 e. The second kappa shape index (κ2) is 4.76. The van der Waals surface area contributed by atoms with Crippen LogP contribution in [0.5, 0.6) is 11.5 Å². The summed E-state index contributed by atoms with van der Waals surface area (Å²) in [4.78, 5) is 12.0. The molecule has 2 N–H and O–H groups in total. The Bertz CT molecular complexity index is 519. The van der Waals surface area contributed by atoms with Crippen molar-refractivity contribution in [1.82, 2.24) is 5.32 Å². The second-order valence-electron chi connectivity index (χ2n) is 4.89. The summed E-state index contributed by atoms with van der Waals surface area (Å²) in [5, 5.41) is 12.4. The molecule has 0 radical (unpaired) electrons. The Labute approximate surface area is 121 Å². The van der Waals surface area contributed by atoms with E-state index in [-0.39, 0.29) is 18.2 Å². The van der Waals surface area contributed by atoms with Crippen LogP contribution in [-0.2, 0) is 11.3 Å². The lowest BCUT2D eigenvalue weighted by Gasteiger charge is -2.13. The molecule has 0 saturated heterocycles. The van der Waals surface area contributed by atoms with Gasteiger partial charge in [0.2, 0.25) is 5.91 Å². The van der Waals surface area contributed by atoms with Crippen LogP contribution in [0.25, 0.3) is 0 Å². The summed E-state index contributed by atoms with van der Waals surface area (Å²) >= 11 is 11.9. The Kier molecular flexibility index (Phi) is 3.58. The van der Waals surface area contributed by atoms with Gasteiger partial charge in [0.05, 0.1) is 12.5 Å². The van der Waals surface area contributed by atoms with E-state index >= 15 is 0 Å². The zero-order chi connectivity index (χ0) is 14.3. The highest BCUT2D eigenvalue weighted by atomic mass is 35.5. The quantitative estimate of drug-likeness (QED) is 0.841. The molecule has 1 aliphatic carbocycles. The summed E-state index contributed by atoms with van der Waals surface area (Å²) in [5.74, 6) is 0.494. The van der Waals surface area contributed by atoms with E-state index in [0.717, 1.165) is 0 Å². The number of nitrogens with one attached hydrogen (secondary N) is 1. The highest BCUT2D eigenvalue weighted by Gasteiger charge is 2.67. The number of benzene rings is 1. The fraction of sp³-hybridized carbons (Fsp3) is 0.462. The molecule has 0 aromatic heterocycles. The van der Waals surface area contributed by atoms with E-state index in [2.05, 4.69) is 5.32 Å². The van der Waals surface area contributed by atoms with Gasteiger partial charge in [-0.05, 0) is 31.5 Å². The van der Waals surface area contributed by atoms with Crippen molar-refractivity contribution in [2.45, 2.75) is 24.2 Å². The van der Waals surface area contributed by atoms with Gasteiger partial charge in [0.15, 0.2) is 0 Å². The van der Waals surface area contributed by atoms with Crippen molar-refractivity contribution in [3.8, 4) is 11.5 Å². The summed E-state index contributed by atoms with van der Waals surface area (Å²) < 4.78 is 4.07. The molecule has 4 nitrogen and oxygen atoms in total. The molecule has 104 valence electrons. The predicted molar refractivity (Wildman–Crippen MR) is 73.7 cm³/mol. The molecule has 0 bridgehead atoms. The molecule has 1 unspecified atom stereocenters. The van der Waals surface area contributed by atoms with Crippen molar-refractivity contribution in [1.29, 1.82) is 0 Å². The van der Waals surface area contributed by atoms with Crippen LogP contribution in [0.2, 0.25) is 0 Å². The van der Waals surface area contributed by atoms with Crippen LogP contribution in [0.4, 0.5) is 0 Å². The fourth-order valence-corrected chi connectivity index (χ4v) is 2.55. The van der Waals surface area contributed by atoms with Gasteiger partial charge < -0.3 is 15.2 Å². The van der Waals surface area contributed by atoms with Gasteiger partial charge in [-0.25, -0.2) is 0 Å². The van der Waals surface area contributed by atoms with Gasteiger partial charge >= 0.3 is 0 Å². The van der Waals surface area contributed by atoms with Gasteiger partial charge in [0.1, 0.15) is 15.8 Å². The van der Waals surface area contributed by atoms with E-state index < -0.39 is 9.75 Å². The summed E-state index contributed by atoms with van der Waals surface area (Å²) in [6, 6.07) is 4.83. The second-order valence-corrected chi connectivity index (χ2v) is 6.37. The standard InChI is InChI=1S/C13H15Cl2NO3/c1-12(7-13(12,14)15)11(18)16-6-8-5-9(19-2)3-4-10(8)17/h3-5,17H,6-7H2,1-2H3,(H,16,18). The summed E-state index contributed by atoms with van der Waals surface area (Å²) in [7, 11) is 1.54. The molecule has 2 rings (SSSR count). The third-order valence-corrected chi connectivity index (χ3v) is 4.59. The summed E-state index contributed by atoms with van der Waals surface area (Å²) in [6.45, 7) is 1.91. The minimum absolute atomic E-state index is 0.102. The first kappa shape index (κ1) is 14.3. The number of ether oxygens (including phenoxy) is 1. The smallest absolute Gasteiger partial charge is 0.229 e. The number of methoxy groups -OCH3 is 1. The van der Waals surface area contributed by atoms with Crippen molar-refractivity contribution < 1.29 is 14.6 Å². The minimum atomic E-state index is -0.993. The monoisotopic (exact) mass is 303 g/mol. The first-order valence-electron chi connectivity index (χ1n) is 5.82. The number of amides is 1. The Balaban J connectivity index is 2.02. The number of aromatic hydroxyl groups is 1. The van der Waals surface area contributed by atoms with Gasteiger partial charge in [0, 0.05) is 12.1 Å². The predicted octanol–water partition coefficient (Wildman–Crippen LogP) is 2.60. The molecule has 1 atom stereocenters. The number of rotatable bonds is 4. The number of phenolic OH excluding ortho intramolecular Hbond substituents is 1. The van der Waals surface area contributed by atoms with Crippen molar-refractivity contribution in [2.75, 3.05) is 7.11 Å². The Morgan fingerprint density at radius 3 is 2.68 bits per heavy atom. The highest BCUT2D eigenvalue weighted by Crippen LogP contribution is 2.63. The molecule has 1 aliphatic rings. The first-order valence-corrected chi connectivity index (χ1v) is 6.58. The van der Waals surface area contributed by atoms with Gasteiger partial charge in [0.25, 0.3) is 0 Å². The molecule has 1 amide bonds. The largest absolute Gasteiger partial charge is 0.508 e. The lowest BCUT2D eigenvalue weighted by molar-refractivity contribution is -0.125. The Hall–Kier alpha value is -1.13. The van der Waals surface area contributed by atoms with Crippen LogP contribution in [0.3, 0.4) is 0 Å². The number of alkyl halides is 2. The zero-order valence-corrected chi connectivity index (χ0v) is 12.2. The van der Waals surface area contributed by atoms with Crippen LogP contribution >= 0.6 is 23.2 Å². The molecule has 0 heterocycles. The molecular weight excluding hydrogens is 289 g/mol. The lowest BCUT2D eigenvalue weighted by Crippen LogP contribution is -2.32. The minimum Gasteiger partial charge on any atom is -0.508 e. The van der Waals surface area contributed by atoms with Crippen LogP contribution in [0.15, 0.2) is 18.2 Å². The number of hydrogen-bond donors (Lipinski definition) is 2. The third-order valence-electron chi connectivity index (χ3n) is 3.49. The van der Waals surface area contributed by atoms with E-state index in [4.69, 9.17) is 27.9 Å². The lowest BCUT2D eigenvalue weighted by atomic mass is 10.1. The van der Waals surface area contributed by atoms with Gasteiger partial charge in [-0.1, -0.05) is 0 Å². The summed E-state index contributed by atoms with van der Waals surface area (Å²) in [5.41, 5.74) is -0.184. The first-order chi connectivity index (χ1) is 8.80. The van der Waals surface area contributed by atoms with E-state index in [1.165, 1.54) is 13.2 Å². The average molecular weight is 304 g/mol. The highest BCUT2D eigenvalue weighted by molar-refractivity contribution is 6.53. The molecule has 0 aliphatic heterocycles. The third kappa shape index (κ3) is 2.60. The van der Waals surface area contributed by atoms with E-state index in [9.17, 15) is 9.90 Å². The molecule has 1 aromatic carbocycles. The number of halogens is 2. The van der Waals surface area contributed by atoms with Gasteiger partial charge in [-0.15, -0.1) is 23.2 Å². The van der Waals surface area contributed by atoms with Gasteiger partial charge in [-0.3, -0.25) is 4.79 Å². The molecule has 1 saturated carbocycles. The van der Waals surface area contributed by atoms with Crippen LogP contribution in [0.1, 0.15) is 18.9 Å². The van der Waals surface area contributed by atoms with E-state index in [1.54, 1.807) is 19.1 Å². The molecule has 1 aromatic rings. The average Bonchev–Trinajstić information content (AvgIpc) is 2.88. The fourth-order valence-electron chi connectivity index (χ4n) is 1.85. The van der Waals surface area contributed by atoms with Gasteiger partial charge in [-0.2, -0.15) is 0 Å². The van der Waals surface area contributed by atoms with Crippen LogP contribution in [0, 0.1) is 5.41 Å². The SMILES string of the molecule is COc1ccc(O)c(CNC(=O)C2(C)CC2(Cl)Cl)c1. The van der Waals surface area contributed by atoms with E-state index in [1.807, 2.05) is 0 Å². The molecule has 1 fully saturated rings. The van der Waals surface area contributed by atoms with Crippen LogP contribution in [-0.4, -0.2) is 22.5 Å². The normalized spacial score (nSPS) is 23.8. The molecule has 6 heteroatoms. The number of phenols is 1. The molecule has 19 heavy (non-hydrogen) atoms. The van der Waals surface area contributed by atoms with Crippen LogP contribution < -0.4 is 10.1 Å². The van der Waals surface area contributed by atoms with Crippen molar-refractivity contribution in [3.63, 3.8) is 0 Å². The Morgan fingerprint density at radius 2 is 2.16 bits per heavy atom. The van der Waals surface area contributed by atoms with Crippen molar-refractivity contribution in [2.24, 2.45) is 5.41 Å². The maximum atomic E-state index is 12.0. The number of carbonyl (C=O) groups excluding carboxylic acids is 1. The van der Waals surface area contributed by atoms with Crippen molar-refractivity contribution >= 4 is 29.1 Å². The summed E-state index contributed by atoms with van der Waals surface area (Å²) in [6.07, 6.45) is 0.430. The number of hydrogen-bond acceptors (Lipinski definition) is 3. The van der Waals surface area contributed by atoms with E-state index in [0.29, 0.717) is 17.7 Å². The zero-order valence-electron chi connectivity index (χ0n) is 10.7. The molecular formula is C13H15Cl2NO3. The molecule has 0 spiro atoms. The number of carbonyl (C=O) groups is 1.